The number of aliphatic hydroxyl groups is 1. The van der Waals surface area contributed by atoms with E-state index in [1.165, 1.54) is 5.56 Å². The van der Waals surface area contributed by atoms with Gasteiger partial charge in [-0.3, -0.25) is 0 Å². The number of pyridine rings is 1. The van der Waals surface area contributed by atoms with E-state index in [1.54, 1.807) is 0 Å². The van der Waals surface area contributed by atoms with Gasteiger partial charge in [0.05, 0.1) is 10.1 Å². The Kier molecular flexibility index (Phi) is 3.73. The van der Waals surface area contributed by atoms with Gasteiger partial charge in [0.25, 0.3) is 0 Å². The second kappa shape index (κ2) is 4.94. The van der Waals surface area contributed by atoms with Crippen molar-refractivity contribution in [3.8, 4) is 0 Å². The zero-order valence-electron chi connectivity index (χ0n) is 10.4. The summed E-state index contributed by atoms with van der Waals surface area (Å²) < 4.78 is 1.02. The molecule has 0 radical (unpaired) electrons. The summed E-state index contributed by atoms with van der Waals surface area (Å²) >= 11 is 3.56. The molecule has 0 unspecified atom stereocenters. The lowest BCUT2D eigenvalue weighted by Crippen LogP contribution is -2.39. The molecule has 2 rings (SSSR count). The van der Waals surface area contributed by atoms with Crippen molar-refractivity contribution in [2.24, 2.45) is 0 Å². The quantitative estimate of drug-likeness (QED) is 0.932. The van der Waals surface area contributed by atoms with Gasteiger partial charge in [0.15, 0.2) is 0 Å². The van der Waals surface area contributed by atoms with E-state index in [0.29, 0.717) is 6.54 Å². The van der Waals surface area contributed by atoms with Crippen LogP contribution in [0.2, 0.25) is 0 Å². The predicted molar refractivity (Wildman–Crippen MR) is 73.4 cm³/mol. The third-order valence-electron chi connectivity index (χ3n) is 3.49. The molecule has 4 heteroatoms. The van der Waals surface area contributed by atoms with Crippen LogP contribution in [0.15, 0.2) is 16.7 Å². The Morgan fingerprint density at radius 1 is 1.47 bits per heavy atom. The minimum absolute atomic E-state index is 0.528. The predicted octanol–water partition coefficient (Wildman–Crippen LogP) is 2.89. The third-order valence-corrected chi connectivity index (χ3v) is 4.47. The molecule has 1 saturated carbocycles. The Bertz CT molecular complexity index is 402. The van der Waals surface area contributed by atoms with E-state index in [9.17, 15) is 5.11 Å². The molecule has 3 nitrogen and oxygen atoms in total. The first-order chi connectivity index (χ1) is 8.02. The van der Waals surface area contributed by atoms with Crippen molar-refractivity contribution in [1.29, 1.82) is 0 Å². The highest BCUT2D eigenvalue weighted by atomic mass is 79.9. The van der Waals surface area contributed by atoms with Crippen molar-refractivity contribution < 1.29 is 5.11 Å². The molecule has 0 aliphatic heterocycles. The van der Waals surface area contributed by atoms with Gasteiger partial charge in [0, 0.05) is 19.8 Å². The highest BCUT2D eigenvalue weighted by molar-refractivity contribution is 9.10. The number of hydrogen-bond acceptors (Lipinski definition) is 3. The maximum absolute atomic E-state index is 10.4. The van der Waals surface area contributed by atoms with Gasteiger partial charge >= 0.3 is 0 Å². The minimum atomic E-state index is -0.528. The van der Waals surface area contributed by atoms with E-state index in [4.69, 9.17) is 0 Å². The first kappa shape index (κ1) is 12.8. The zero-order valence-corrected chi connectivity index (χ0v) is 12.0. The Morgan fingerprint density at radius 2 is 2.12 bits per heavy atom. The number of anilines is 1. The first-order valence-corrected chi connectivity index (χ1v) is 6.86. The van der Waals surface area contributed by atoms with E-state index in [1.807, 2.05) is 31.1 Å². The Balaban J connectivity index is 2.14. The van der Waals surface area contributed by atoms with Gasteiger partial charge < -0.3 is 10.0 Å². The fourth-order valence-corrected chi connectivity index (χ4v) is 3.04. The summed E-state index contributed by atoms with van der Waals surface area (Å²) in [7, 11) is 1.99. The summed E-state index contributed by atoms with van der Waals surface area (Å²) in [4.78, 5) is 6.42. The third kappa shape index (κ3) is 2.80. The van der Waals surface area contributed by atoms with Crippen LogP contribution >= 0.6 is 15.9 Å². The molecule has 0 spiro atoms. The molecule has 0 saturated heterocycles. The van der Waals surface area contributed by atoms with Crippen molar-refractivity contribution in [2.75, 3.05) is 18.5 Å². The molecule has 0 amide bonds. The SMILES string of the molecule is Cc1ccnc(N(C)CC2(O)CCCC2)c1Br. The Labute approximate surface area is 111 Å². The van der Waals surface area contributed by atoms with Crippen molar-refractivity contribution in [3.05, 3.63) is 22.3 Å². The van der Waals surface area contributed by atoms with E-state index < -0.39 is 5.60 Å². The molecule has 1 fully saturated rings. The van der Waals surface area contributed by atoms with Crippen LogP contribution in [0, 0.1) is 6.92 Å². The van der Waals surface area contributed by atoms with Gasteiger partial charge in [-0.15, -0.1) is 0 Å². The van der Waals surface area contributed by atoms with Gasteiger partial charge in [-0.2, -0.15) is 0 Å². The van der Waals surface area contributed by atoms with Crippen LogP contribution in [0.4, 0.5) is 5.82 Å². The normalized spacial score (nSPS) is 18.4. The second-order valence-electron chi connectivity index (χ2n) is 5.05. The summed E-state index contributed by atoms with van der Waals surface area (Å²) in [5, 5.41) is 10.4. The summed E-state index contributed by atoms with van der Waals surface area (Å²) in [6.45, 7) is 2.70. The number of aromatic nitrogens is 1. The summed E-state index contributed by atoms with van der Waals surface area (Å²) in [5.41, 5.74) is 0.639. The van der Waals surface area contributed by atoms with E-state index in [0.717, 1.165) is 36.0 Å². The fraction of sp³-hybridized carbons (Fsp3) is 0.615. The zero-order chi connectivity index (χ0) is 12.5. The highest BCUT2D eigenvalue weighted by Crippen LogP contribution is 2.33. The maximum Gasteiger partial charge on any atom is 0.142 e. The van der Waals surface area contributed by atoms with Crippen LogP contribution in [0.5, 0.6) is 0 Å². The second-order valence-corrected chi connectivity index (χ2v) is 5.85. The lowest BCUT2D eigenvalue weighted by Gasteiger charge is -2.30. The average molecular weight is 299 g/mol. The number of halogens is 1. The van der Waals surface area contributed by atoms with Gasteiger partial charge in [-0.1, -0.05) is 12.8 Å². The van der Waals surface area contributed by atoms with Gasteiger partial charge in [0.1, 0.15) is 5.82 Å². The number of aryl methyl sites for hydroxylation is 1. The van der Waals surface area contributed by atoms with Crippen molar-refractivity contribution >= 4 is 21.7 Å². The number of likely N-dealkylation sites (N-methyl/N-ethyl adjacent to an activating group) is 1. The van der Waals surface area contributed by atoms with E-state index in [2.05, 4.69) is 20.9 Å². The molecule has 0 atom stereocenters. The van der Waals surface area contributed by atoms with Crippen molar-refractivity contribution in [2.45, 2.75) is 38.2 Å². The molecular formula is C13H19BrN2O. The molecule has 1 aromatic rings. The van der Waals surface area contributed by atoms with Crippen LogP contribution in [0.25, 0.3) is 0 Å². The molecule has 0 bridgehead atoms. The summed E-state index contributed by atoms with van der Waals surface area (Å²) in [6, 6.07) is 1.98. The van der Waals surface area contributed by atoms with E-state index >= 15 is 0 Å². The number of rotatable bonds is 3. The monoisotopic (exact) mass is 298 g/mol. The fourth-order valence-electron chi connectivity index (χ4n) is 2.50. The van der Waals surface area contributed by atoms with Crippen LogP contribution < -0.4 is 4.90 Å². The topological polar surface area (TPSA) is 36.4 Å². The molecule has 1 aliphatic rings. The van der Waals surface area contributed by atoms with Crippen molar-refractivity contribution in [3.63, 3.8) is 0 Å². The van der Waals surface area contributed by atoms with Crippen molar-refractivity contribution in [1.82, 2.24) is 4.98 Å². The maximum atomic E-state index is 10.4. The van der Waals surface area contributed by atoms with E-state index in [-0.39, 0.29) is 0 Å². The molecule has 1 aromatic heterocycles. The first-order valence-electron chi connectivity index (χ1n) is 6.06. The average Bonchev–Trinajstić information content (AvgIpc) is 2.68. The Hall–Kier alpha value is -0.610. The van der Waals surface area contributed by atoms with Crippen LogP contribution in [0.3, 0.4) is 0 Å². The molecule has 17 heavy (non-hydrogen) atoms. The smallest absolute Gasteiger partial charge is 0.142 e. The molecule has 94 valence electrons. The van der Waals surface area contributed by atoms with Crippen LogP contribution in [-0.2, 0) is 0 Å². The molecular weight excluding hydrogens is 280 g/mol. The largest absolute Gasteiger partial charge is 0.388 e. The highest BCUT2D eigenvalue weighted by Gasteiger charge is 2.32. The lowest BCUT2D eigenvalue weighted by molar-refractivity contribution is 0.0557. The van der Waals surface area contributed by atoms with Gasteiger partial charge in [0.2, 0.25) is 0 Å². The lowest BCUT2D eigenvalue weighted by atomic mass is 10.0. The summed E-state index contributed by atoms with van der Waals surface area (Å²) in [6.07, 6.45) is 5.88. The number of nitrogens with zero attached hydrogens (tertiary/aromatic N) is 2. The number of hydrogen-bond donors (Lipinski definition) is 1. The minimum Gasteiger partial charge on any atom is -0.388 e. The molecule has 1 heterocycles. The molecule has 1 aliphatic carbocycles. The van der Waals surface area contributed by atoms with Gasteiger partial charge in [-0.25, -0.2) is 4.98 Å². The molecule has 0 aromatic carbocycles. The summed E-state index contributed by atoms with van der Waals surface area (Å²) in [5.74, 6) is 0.908. The molecule has 1 N–H and O–H groups in total. The van der Waals surface area contributed by atoms with Crippen LogP contribution in [0.1, 0.15) is 31.2 Å². The Morgan fingerprint density at radius 3 is 2.76 bits per heavy atom. The van der Waals surface area contributed by atoms with Gasteiger partial charge in [-0.05, 0) is 47.3 Å². The standard InChI is InChI=1S/C13H19BrN2O/c1-10-5-8-15-12(11(10)14)16(2)9-13(17)6-3-4-7-13/h5,8,17H,3-4,6-7,9H2,1-2H3. The van der Waals surface area contributed by atoms with Crippen LogP contribution in [-0.4, -0.2) is 29.3 Å².